The Labute approximate surface area is 163 Å². The number of carbonyl (C=O) groups is 2. The van der Waals surface area contributed by atoms with E-state index in [1.165, 1.54) is 7.11 Å². The second kappa shape index (κ2) is 7.39. The van der Waals surface area contributed by atoms with Gasteiger partial charge in [-0.25, -0.2) is 9.69 Å². The van der Waals surface area contributed by atoms with Gasteiger partial charge in [0.2, 0.25) is 0 Å². The predicted molar refractivity (Wildman–Crippen MR) is 103 cm³/mol. The molecular formula is C18H14BrClN2O4. The zero-order valence-corrected chi connectivity index (χ0v) is 16.2. The molecule has 0 bridgehead atoms. The SMILES string of the molecule is COc1cc(OC)c(/C=C2/NC(=O)N(c3cccc(Cl)c3)C2=O)cc1Br. The summed E-state index contributed by atoms with van der Waals surface area (Å²) in [5, 5.41) is 3.00. The quantitative estimate of drug-likeness (QED) is 0.574. The number of halogens is 2. The highest BCUT2D eigenvalue weighted by molar-refractivity contribution is 9.10. The third-order valence-electron chi connectivity index (χ3n) is 3.75. The Kier molecular flexibility index (Phi) is 5.20. The van der Waals surface area contributed by atoms with Gasteiger partial charge in [0.15, 0.2) is 0 Å². The number of carbonyl (C=O) groups excluding carboxylic acids is 2. The first-order valence-corrected chi connectivity index (χ1v) is 8.66. The monoisotopic (exact) mass is 436 g/mol. The third-order valence-corrected chi connectivity index (χ3v) is 4.60. The van der Waals surface area contributed by atoms with E-state index in [4.69, 9.17) is 21.1 Å². The summed E-state index contributed by atoms with van der Waals surface area (Å²) in [7, 11) is 3.05. The van der Waals surface area contributed by atoms with E-state index in [0.717, 1.165) is 4.90 Å². The smallest absolute Gasteiger partial charge is 0.333 e. The van der Waals surface area contributed by atoms with Crippen LogP contribution >= 0.6 is 27.5 Å². The number of hydrogen-bond acceptors (Lipinski definition) is 4. The highest BCUT2D eigenvalue weighted by Crippen LogP contribution is 2.34. The largest absolute Gasteiger partial charge is 0.496 e. The van der Waals surface area contributed by atoms with E-state index >= 15 is 0 Å². The average molecular weight is 438 g/mol. The number of nitrogens with zero attached hydrogens (tertiary/aromatic N) is 1. The summed E-state index contributed by atoms with van der Waals surface area (Å²) in [6.07, 6.45) is 1.55. The van der Waals surface area contributed by atoms with Crippen molar-refractivity contribution in [3.63, 3.8) is 0 Å². The van der Waals surface area contributed by atoms with E-state index in [1.54, 1.807) is 49.6 Å². The second-order valence-corrected chi connectivity index (χ2v) is 6.63. The Morgan fingerprint density at radius 2 is 1.85 bits per heavy atom. The minimum Gasteiger partial charge on any atom is -0.496 e. The fourth-order valence-corrected chi connectivity index (χ4v) is 3.24. The third kappa shape index (κ3) is 3.40. The van der Waals surface area contributed by atoms with Crippen LogP contribution in [-0.4, -0.2) is 26.2 Å². The lowest BCUT2D eigenvalue weighted by Crippen LogP contribution is -2.30. The van der Waals surface area contributed by atoms with E-state index in [0.29, 0.717) is 32.2 Å². The lowest BCUT2D eigenvalue weighted by Gasteiger charge is -2.12. The summed E-state index contributed by atoms with van der Waals surface area (Å²) < 4.78 is 11.3. The number of hydrogen-bond donors (Lipinski definition) is 1. The molecule has 134 valence electrons. The van der Waals surface area contributed by atoms with Crippen LogP contribution in [0.15, 0.2) is 46.6 Å². The minimum atomic E-state index is -0.546. The fourth-order valence-electron chi connectivity index (χ4n) is 2.54. The molecule has 1 fully saturated rings. The molecule has 0 aliphatic carbocycles. The number of methoxy groups -OCH3 is 2. The average Bonchev–Trinajstić information content (AvgIpc) is 2.89. The van der Waals surface area contributed by atoms with E-state index < -0.39 is 11.9 Å². The molecule has 1 N–H and O–H groups in total. The van der Waals surface area contributed by atoms with Gasteiger partial charge < -0.3 is 14.8 Å². The van der Waals surface area contributed by atoms with Crippen molar-refractivity contribution in [3.05, 3.63) is 57.2 Å². The summed E-state index contributed by atoms with van der Waals surface area (Å²) in [4.78, 5) is 26.0. The Balaban J connectivity index is 1.99. The van der Waals surface area contributed by atoms with Crippen LogP contribution in [0.1, 0.15) is 5.56 Å². The summed E-state index contributed by atoms with van der Waals surface area (Å²) in [5.41, 5.74) is 1.13. The van der Waals surface area contributed by atoms with Crippen molar-refractivity contribution in [2.24, 2.45) is 0 Å². The summed E-state index contributed by atoms with van der Waals surface area (Å²) in [5.74, 6) is 0.610. The maximum Gasteiger partial charge on any atom is 0.333 e. The van der Waals surface area contributed by atoms with Crippen molar-refractivity contribution in [2.75, 3.05) is 19.1 Å². The standard InChI is InChI=1S/C18H14BrClN2O4/c1-25-15-9-16(26-2)13(19)6-10(15)7-14-17(23)22(18(24)21-14)12-5-3-4-11(20)8-12/h3-9H,1-2H3,(H,21,24)/b14-7+. The van der Waals surface area contributed by atoms with Crippen LogP contribution in [0.2, 0.25) is 5.02 Å². The van der Waals surface area contributed by atoms with Crippen LogP contribution in [0, 0.1) is 0 Å². The van der Waals surface area contributed by atoms with Crippen molar-refractivity contribution in [3.8, 4) is 11.5 Å². The molecule has 0 radical (unpaired) electrons. The molecule has 26 heavy (non-hydrogen) atoms. The molecule has 0 unspecified atom stereocenters. The number of ether oxygens (including phenoxy) is 2. The van der Waals surface area contributed by atoms with Crippen LogP contribution in [0.4, 0.5) is 10.5 Å². The number of anilines is 1. The Morgan fingerprint density at radius 3 is 2.50 bits per heavy atom. The van der Waals surface area contributed by atoms with Crippen LogP contribution in [-0.2, 0) is 4.79 Å². The molecule has 3 rings (SSSR count). The van der Waals surface area contributed by atoms with Crippen LogP contribution in [0.3, 0.4) is 0 Å². The molecule has 0 aromatic heterocycles. The van der Waals surface area contributed by atoms with Gasteiger partial charge in [-0.1, -0.05) is 17.7 Å². The highest BCUT2D eigenvalue weighted by Gasteiger charge is 2.35. The molecule has 0 atom stereocenters. The van der Waals surface area contributed by atoms with E-state index in [2.05, 4.69) is 21.2 Å². The van der Waals surface area contributed by atoms with Crippen molar-refractivity contribution in [1.29, 1.82) is 0 Å². The molecule has 3 amide bonds. The molecule has 2 aromatic carbocycles. The predicted octanol–water partition coefficient (Wildman–Crippen LogP) is 4.22. The zero-order valence-electron chi connectivity index (χ0n) is 13.9. The van der Waals surface area contributed by atoms with Crippen LogP contribution in [0.25, 0.3) is 6.08 Å². The molecule has 1 saturated heterocycles. The van der Waals surface area contributed by atoms with Crippen LogP contribution in [0.5, 0.6) is 11.5 Å². The van der Waals surface area contributed by atoms with E-state index in [-0.39, 0.29) is 5.70 Å². The zero-order chi connectivity index (χ0) is 18.8. The van der Waals surface area contributed by atoms with Gasteiger partial charge in [-0.15, -0.1) is 0 Å². The molecule has 1 aliphatic rings. The molecular weight excluding hydrogens is 424 g/mol. The van der Waals surface area contributed by atoms with Gasteiger partial charge in [0.25, 0.3) is 5.91 Å². The fraction of sp³-hybridized carbons (Fsp3) is 0.111. The van der Waals surface area contributed by atoms with Gasteiger partial charge in [-0.05, 0) is 46.3 Å². The number of urea groups is 1. The van der Waals surface area contributed by atoms with Gasteiger partial charge in [-0.3, -0.25) is 4.79 Å². The summed E-state index contributed by atoms with van der Waals surface area (Å²) in [6.45, 7) is 0. The number of nitrogens with one attached hydrogen (secondary N) is 1. The minimum absolute atomic E-state index is 0.130. The van der Waals surface area contributed by atoms with E-state index in [1.807, 2.05) is 0 Å². The second-order valence-electron chi connectivity index (χ2n) is 5.34. The lowest BCUT2D eigenvalue weighted by atomic mass is 10.1. The van der Waals surface area contributed by atoms with Crippen molar-refractivity contribution >= 4 is 51.2 Å². The first kappa shape index (κ1) is 18.3. The topological polar surface area (TPSA) is 67.9 Å². The summed E-state index contributed by atoms with van der Waals surface area (Å²) in [6, 6.07) is 9.40. The van der Waals surface area contributed by atoms with Crippen molar-refractivity contribution in [1.82, 2.24) is 5.32 Å². The number of benzene rings is 2. The highest BCUT2D eigenvalue weighted by atomic mass is 79.9. The lowest BCUT2D eigenvalue weighted by molar-refractivity contribution is -0.113. The molecule has 2 aromatic rings. The summed E-state index contributed by atoms with van der Waals surface area (Å²) >= 11 is 9.35. The number of amides is 3. The maximum absolute atomic E-state index is 12.7. The van der Waals surface area contributed by atoms with Gasteiger partial charge in [-0.2, -0.15) is 0 Å². The Bertz CT molecular complexity index is 929. The van der Waals surface area contributed by atoms with Gasteiger partial charge >= 0.3 is 6.03 Å². The molecule has 1 aliphatic heterocycles. The van der Waals surface area contributed by atoms with Crippen molar-refractivity contribution in [2.45, 2.75) is 0 Å². The molecule has 8 heteroatoms. The first-order chi connectivity index (χ1) is 12.4. The first-order valence-electron chi connectivity index (χ1n) is 7.49. The van der Waals surface area contributed by atoms with Crippen LogP contribution < -0.4 is 19.7 Å². The number of imide groups is 1. The van der Waals surface area contributed by atoms with Crippen molar-refractivity contribution < 1.29 is 19.1 Å². The van der Waals surface area contributed by atoms with Gasteiger partial charge in [0.1, 0.15) is 17.2 Å². The Hall–Kier alpha value is -2.51. The Morgan fingerprint density at radius 1 is 1.12 bits per heavy atom. The normalized spacial score (nSPS) is 15.4. The van der Waals surface area contributed by atoms with E-state index in [9.17, 15) is 9.59 Å². The molecule has 1 heterocycles. The van der Waals surface area contributed by atoms with Gasteiger partial charge in [0.05, 0.1) is 24.4 Å². The maximum atomic E-state index is 12.7. The molecule has 0 spiro atoms. The molecule has 0 saturated carbocycles. The molecule has 6 nitrogen and oxygen atoms in total. The van der Waals surface area contributed by atoms with Gasteiger partial charge in [0, 0.05) is 16.7 Å². The number of rotatable bonds is 4.